The molecule has 0 aliphatic rings. The summed E-state index contributed by atoms with van der Waals surface area (Å²) in [5.74, 6) is -0.150. The Morgan fingerprint density at radius 2 is 2.04 bits per heavy atom. The first kappa shape index (κ1) is 16.8. The lowest BCUT2D eigenvalue weighted by Gasteiger charge is -2.06. The van der Waals surface area contributed by atoms with Gasteiger partial charge in [-0.25, -0.2) is 0 Å². The molecule has 118 valence electrons. The highest BCUT2D eigenvalue weighted by Gasteiger charge is 2.13. The molecule has 9 heteroatoms. The van der Waals surface area contributed by atoms with Crippen molar-refractivity contribution in [3.05, 3.63) is 62.6 Å². The smallest absolute Gasteiger partial charge is 0.271 e. The Labute approximate surface area is 145 Å². The van der Waals surface area contributed by atoms with Crippen LogP contribution in [0.4, 0.5) is 11.4 Å². The Kier molecular flexibility index (Phi) is 5.61. The molecule has 2 aromatic rings. The van der Waals surface area contributed by atoms with Gasteiger partial charge in [0.25, 0.3) is 5.69 Å². The second-order valence-corrected chi connectivity index (χ2v) is 5.58. The summed E-state index contributed by atoms with van der Waals surface area (Å²) < 4.78 is 0.207. The van der Waals surface area contributed by atoms with Crippen LogP contribution in [0.5, 0.6) is 5.75 Å². The number of nitro benzene ring substituents is 1. The molecule has 0 heterocycles. The summed E-state index contributed by atoms with van der Waals surface area (Å²) in [5.41, 5.74) is 3.38. The molecule has 0 fully saturated rings. The van der Waals surface area contributed by atoms with Crippen LogP contribution in [0.15, 0.2) is 52.0 Å². The molecular formula is C14H11BrN4O3S. The van der Waals surface area contributed by atoms with Gasteiger partial charge < -0.3 is 10.4 Å². The van der Waals surface area contributed by atoms with Gasteiger partial charge in [-0.1, -0.05) is 18.2 Å². The number of aromatic hydroxyl groups is 1. The number of non-ortho nitro benzene ring substituents is 1. The van der Waals surface area contributed by atoms with Crippen molar-refractivity contribution in [3.8, 4) is 5.75 Å². The molecule has 0 unspecified atom stereocenters. The molecule has 0 spiro atoms. The van der Waals surface area contributed by atoms with E-state index in [1.165, 1.54) is 18.3 Å². The van der Waals surface area contributed by atoms with Gasteiger partial charge in [0.1, 0.15) is 5.75 Å². The van der Waals surface area contributed by atoms with Crippen LogP contribution < -0.4 is 10.7 Å². The minimum absolute atomic E-state index is 0.150. The lowest BCUT2D eigenvalue weighted by Crippen LogP contribution is -2.23. The van der Waals surface area contributed by atoms with E-state index < -0.39 is 4.92 Å². The predicted octanol–water partition coefficient (Wildman–Crippen LogP) is 3.38. The molecule has 0 radical (unpaired) electrons. The number of phenolic OH excluding ortho intramolecular Hbond substituents is 1. The molecule has 0 aromatic heterocycles. The molecule has 0 amide bonds. The number of hydrazone groups is 1. The number of benzene rings is 2. The highest BCUT2D eigenvalue weighted by atomic mass is 79.9. The van der Waals surface area contributed by atoms with E-state index in [-0.39, 0.29) is 26.6 Å². The van der Waals surface area contributed by atoms with Crippen molar-refractivity contribution in [2.24, 2.45) is 5.10 Å². The second kappa shape index (κ2) is 7.65. The first-order chi connectivity index (χ1) is 11.0. The quantitative estimate of drug-likeness (QED) is 0.318. The minimum atomic E-state index is -0.559. The number of nitrogens with one attached hydrogen (secondary N) is 2. The fraction of sp³-hybridized carbons (Fsp3) is 0. The van der Waals surface area contributed by atoms with Crippen LogP contribution in [-0.4, -0.2) is 21.4 Å². The fourth-order valence-electron chi connectivity index (χ4n) is 1.65. The SMILES string of the molecule is O=[N+]([O-])c1cc(Br)c(O)c(/C=N/NC(=S)Nc2ccccc2)c1. The van der Waals surface area contributed by atoms with Crippen LogP contribution >= 0.6 is 28.1 Å². The Morgan fingerprint density at radius 1 is 1.35 bits per heavy atom. The van der Waals surface area contributed by atoms with Gasteiger partial charge in [-0.2, -0.15) is 5.10 Å². The zero-order valence-corrected chi connectivity index (χ0v) is 14.0. The van der Waals surface area contributed by atoms with Gasteiger partial charge in [0.2, 0.25) is 0 Å². The maximum atomic E-state index is 10.8. The standard InChI is InChI=1S/C14H11BrN4O3S/c15-12-7-11(19(21)22)6-9(13(12)20)8-16-18-14(23)17-10-4-2-1-3-5-10/h1-8,20H,(H2,17,18,23)/b16-8+. The Morgan fingerprint density at radius 3 is 2.70 bits per heavy atom. The normalized spacial score (nSPS) is 10.5. The number of nitro groups is 1. The van der Waals surface area contributed by atoms with Gasteiger partial charge in [0, 0.05) is 23.4 Å². The molecule has 2 rings (SSSR count). The van der Waals surface area contributed by atoms with Crippen molar-refractivity contribution in [2.45, 2.75) is 0 Å². The van der Waals surface area contributed by atoms with E-state index in [4.69, 9.17) is 12.2 Å². The van der Waals surface area contributed by atoms with Crippen molar-refractivity contribution in [1.82, 2.24) is 5.43 Å². The zero-order valence-electron chi connectivity index (χ0n) is 11.6. The van der Waals surface area contributed by atoms with Crippen LogP contribution in [0, 0.1) is 10.1 Å². The van der Waals surface area contributed by atoms with E-state index in [0.717, 1.165) is 5.69 Å². The number of halogens is 1. The van der Waals surface area contributed by atoms with Gasteiger partial charge in [-0.05, 0) is 40.3 Å². The average Bonchev–Trinajstić information content (AvgIpc) is 2.52. The third kappa shape index (κ3) is 4.73. The second-order valence-electron chi connectivity index (χ2n) is 4.31. The van der Waals surface area contributed by atoms with Crippen molar-refractivity contribution < 1.29 is 10.0 Å². The Bertz CT molecular complexity index is 768. The lowest BCUT2D eigenvalue weighted by atomic mass is 10.2. The highest BCUT2D eigenvalue weighted by molar-refractivity contribution is 9.10. The van der Waals surface area contributed by atoms with E-state index in [1.54, 1.807) is 0 Å². The molecule has 0 atom stereocenters. The molecule has 3 N–H and O–H groups in total. The van der Waals surface area contributed by atoms with Crippen LogP contribution in [0.3, 0.4) is 0 Å². The van der Waals surface area contributed by atoms with Gasteiger partial charge in [-0.15, -0.1) is 0 Å². The van der Waals surface area contributed by atoms with Crippen molar-refractivity contribution in [2.75, 3.05) is 5.32 Å². The number of hydrogen-bond donors (Lipinski definition) is 3. The summed E-state index contributed by atoms with van der Waals surface area (Å²) in [6, 6.07) is 11.7. The first-order valence-corrected chi connectivity index (χ1v) is 7.49. The third-order valence-electron chi connectivity index (χ3n) is 2.69. The number of phenols is 1. The number of nitrogens with zero attached hydrogens (tertiary/aromatic N) is 2. The summed E-state index contributed by atoms with van der Waals surface area (Å²) in [4.78, 5) is 10.3. The molecule has 0 bridgehead atoms. The summed E-state index contributed by atoms with van der Waals surface area (Å²) in [5, 5.41) is 27.7. The molecule has 0 saturated carbocycles. The molecule has 23 heavy (non-hydrogen) atoms. The predicted molar refractivity (Wildman–Crippen MR) is 95.9 cm³/mol. The van der Waals surface area contributed by atoms with E-state index >= 15 is 0 Å². The first-order valence-electron chi connectivity index (χ1n) is 6.29. The van der Waals surface area contributed by atoms with Crippen molar-refractivity contribution in [1.29, 1.82) is 0 Å². The number of hydrogen-bond acceptors (Lipinski definition) is 5. The number of para-hydroxylation sites is 1. The molecular weight excluding hydrogens is 384 g/mol. The molecule has 0 aliphatic carbocycles. The Balaban J connectivity index is 2.05. The maximum Gasteiger partial charge on any atom is 0.271 e. The Hall–Kier alpha value is -2.52. The van der Waals surface area contributed by atoms with Gasteiger partial charge in [0.15, 0.2) is 5.11 Å². The van der Waals surface area contributed by atoms with Crippen LogP contribution in [0.2, 0.25) is 0 Å². The molecule has 0 saturated heterocycles. The minimum Gasteiger partial charge on any atom is -0.506 e. The molecule has 0 aliphatic heterocycles. The van der Waals surface area contributed by atoms with Gasteiger partial charge in [-0.3, -0.25) is 15.5 Å². The number of rotatable bonds is 4. The summed E-state index contributed by atoms with van der Waals surface area (Å²) in [7, 11) is 0. The summed E-state index contributed by atoms with van der Waals surface area (Å²) >= 11 is 8.12. The van der Waals surface area contributed by atoms with E-state index in [9.17, 15) is 15.2 Å². The monoisotopic (exact) mass is 394 g/mol. The van der Waals surface area contributed by atoms with Crippen LogP contribution in [-0.2, 0) is 0 Å². The fourth-order valence-corrected chi connectivity index (χ4v) is 2.28. The largest absolute Gasteiger partial charge is 0.506 e. The average molecular weight is 395 g/mol. The van der Waals surface area contributed by atoms with Crippen molar-refractivity contribution >= 4 is 50.8 Å². The van der Waals surface area contributed by atoms with Crippen molar-refractivity contribution in [3.63, 3.8) is 0 Å². The summed E-state index contributed by atoms with van der Waals surface area (Å²) in [6.45, 7) is 0. The lowest BCUT2D eigenvalue weighted by molar-refractivity contribution is -0.385. The van der Waals surface area contributed by atoms with E-state index in [1.807, 2.05) is 30.3 Å². The van der Waals surface area contributed by atoms with Gasteiger partial charge >= 0.3 is 0 Å². The third-order valence-corrected chi connectivity index (χ3v) is 3.49. The molecule has 7 nitrogen and oxygen atoms in total. The highest BCUT2D eigenvalue weighted by Crippen LogP contribution is 2.31. The van der Waals surface area contributed by atoms with Gasteiger partial charge in [0.05, 0.1) is 15.6 Å². The zero-order chi connectivity index (χ0) is 16.8. The number of anilines is 1. The van der Waals surface area contributed by atoms with E-state index in [2.05, 4.69) is 31.8 Å². The van der Waals surface area contributed by atoms with Crippen LogP contribution in [0.25, 0.3) is 0 Å². The number of thiocarbonyl (C=S) groups is 1. The van der Waals surface area contributed by atoms with E-state index in [0.29, 0.717) is 0 Å². The maximum absolute atomic E-state index is 10.8. The topological polar surface area (TPSA) is 99.8 Å². The van der Waals surface area contributed by atoms with Crippen LogP contribution in [0.1, 0.15) is 5.56 Å². The summed E-state index contributed by atoms with van der Waals surface area (Å²) in [6.07, 6.45) is 1.24. The molecule has 2 aromatic carbocycles.